The first-order valence-corrected chi connectivity index (χ1v) is 11.8. The Hall–Kier alpha value is -2.18. The molecule has 1 aromatic carbocycles. The van der Waals surface area contributed by atoms with Crippen LogP contribution in [0, 0.1) is 12.1 Å². The molecule has 1 saturated carbocycles. The van der Waals surface area contributed by atoms with Crippen molar-refractivity contribution in [1.29, 1.82) is 0 Å². The van der Waals surface area contributed by atoms with Crippen LogP contribution < -0.4 is 5.32 Å². The van der Waals surface area contributed by atoms with Gasteiger partial charge in [0.15, 0.2) is 6.33 Å². The second kappa shape index (κ2) is 8.90. The molecule has 3 aromatic rings. The van der Waals surface area contributed by atoms with Crippen molar-refractivity contribution in [2.75, 3.05) is 13.1 Å². The number of thiazole rings is 1. The smallest absolute Gasteiger partial charge is 0.198 e. The number of halogens is 1. The number of rotatable bonds is 4. The van der Waals surface area contributed by atoms with E-state index in [9.17, 15) is 4.39 Å². The number of nitrogens with one attached hydrogen (secondary N) is 1. The second-order valence-electron chi connectivity index (χ2n) is 8.34. The Labute approximate surface area is 181 Å². The number of hydrogen-bond donors (Lipinski definition) is 1. The van der Waals surface area contributed by atoms with Gasteiger partial charge in [-0.05, 0) is 56.8 Å². The van der Waals surface area contributed by atoms with Gasteiger partial charge < -0.3 is 5.32 Å². The monoisotopic (exact) mass is 421 g/mol. The van der Waals surface area contributed by atoms with Gasteiger partial charge in [0.25, 0.3) is 0 Å². The molecule has 0 spiro atoms. The van der Waals surface area contributed by atoms with Crippen LogP contribution in [0.2, 0.25) is 0 Å². The molecule has 1 radical (unpaired) electrons. The Balaban J connectivity index is 1.64. The molecule has 6 heteroatoms. The summed E-state index contributed by atoms with van der Waals surface area (Å²) in [5.41, 5.74) is 3.34. The van der Waals surface area contributed by atoms with Crippen molar-refractivity contribution < 1.29 is 4.39 Å². The highest BCUT2D eigenvalue weighted by Crippen LogP contribution is 2.44. The topological polar surface area (TPSA) is 50.7 Å². The lowest BCUT2D eigenvalue weighted by Crippen LogP contribution is -2.26. The van der Waals surface area contributed by atoms with E-state index in [1.54, 1.807) is 17.4 Å². The molecule has 1 N–H and O–H groups in total. The minimum absolute atomic E-state index is 0.238. The molecule has 0 bridgehead atoms. The summed E-state index contributed by atoms with van der Waals surface area (Å²) in [7, 11) is 0. The number of aromatic nitrogens is 3. The van der Waals surface area contributed by atoms with Gasteiger partial charge in [-0.2, -0.15) is 0 Å². The quantitative estimate of drug-likeness (QED) is 0.585. The zero-order valence-electron chi connectivity index (χ0n) is 17.0. The first kappa shape index (κ1) is 19.8. The average Bonchev–Trinajstić information content (AvgIpc) is 3.26. The first-order chi connectivity index (χ1) is 14.8. The molecular formula is C24H26FN4S. The third-order valence-corrected chi connectivity index (χ3v) is 7.64. The van der Waals surface area contributed by atoms with Gasteiger partial charge >= 0.3 is 0 Å². The Morgan fingerprint density at radius 2 is 1.77 bits per heavy atom. The SMILES string of the molecule is Fc1ccccc1-c1nc(C2CCNCC2)sc1-c1n[c]ncc1C1CCCCC1. The molecule has 3 heterocycles. The van der Waals surface area contributed by atoms with E-state index < -0.39 is 0 Å². The predicted octanol–water partition coefficient (Wildman–Crippen LogP) is 5.72. The molecule has 1 aliphatic carbocycles. The normalized spacial score (nSPS) is 18.6. The van der Waals surface area contributed by atoms with Crippen molar-refractivity contribution in [2.45, 2.75) is 56.8 Å². The van der Waals surface area contributed by atoms with Gasteiger partial charge in [0.1, 0.15) is 5.82 Å². The zero-order chi connectivity index (χ0) is 20.3. The summed E-state index contributed by atoms with van der Waals surface area (Å²) in [5, 5.41) is 4.52. The Morgan fingerprint density at radius 1 is 0.967 bits per heavy atom. The number of benzene rings is 1. The molecule has 30 heavy (non-hydrogen) atoms. The largest absolute Gasteiger partial charge is 0.317 e. The van der Waals surface area contributed by atoms with Crippen LogP contribution in [0.1, 0.15) is 67.4 Å². The third-order valence-electron chi connectivity index (χ3n) is 6.42. The van der Waals surface area contributed by atoms with Gasteiger partial charge in [-0.15, -0.1) is 11.3 Å². The molecule has 1 saturated heterocycles. The van der Waals surface area contributed by atoms with Crippen molar-refractivity contribution in [3.63, 3.8) is 0 Å². The van der Waals surface area contributed by atoms with Crippen LogP contribution >= 0.6 is 11.3 Å². The summed E-state index contributed by atoms with van der Waals surface area (Å²) < 4.78 is 14.8. The Kier molecular flexibility index (Phi) is 5.86. The van der Waals surface area contributed by atoms with Crippen LogP contribution in [0.5, 0.6) is 0 Å². The van der Waals surface area contributed by atoms with Crippen LogP contribution in [0.3, 0.4) is 0 Å². The standard InChI is InChI=1S/C24H26FN4S/c25-20-9-5-4-8-18(20)22-23(30-24(29-22)17-10-12-26-13-11-17)21-19(14-27-15-28-21)16-6-2-1-3-7-16/h4-5,8-9,14,16-17,26H,1-3,6-7,10-13H2. The maximum Gasteiger partial charge on any atom is 0.198 e. The fraction of sp³-hybridized carbons (Fsp3) is 0.458. The van der Waals surface area contributed by atoms with Crippen LogP contribution in [-0.2, 0) is 0 Å². The van der Waals surface area contributed by atoms with E-state index in [0.717, 1.165) is 60.0 Å². The minimum atomic E-state index is -0.238. The summed E-state index contributed by atoms with van der Waals surface area (Å²) >= 11 is 1.68. The Morgan fingerprint density at radius 3 is 2.57 bits per heavy atom. The number of nitrogens with zero attached hydrogens (tertiary/aromatic N) is 3. The van der Waals surface area contributed by atoms with Crippen molar-refractivity contribution in [3.8, 4) is 21.8 Å². The molecule has 155 valence electrons. The lowest BCUT2D eigenvalue weighted by Gasteiger charge is -2.23. The minimum Gasteiger partial charge on any atom is -0.317 e. The molecule has 0 unspecified atom stereocenters. The van der Waals surface area contributed by atoms with Gasteiger partial charge in [0.05, 0.1) is 21.3 Å². The van der Waals surface area contributed by atoms with Crippen molar-refractivity contribution in [2.24, 2.45) is 0 Å². The highest BCUT2D eigenvalue weighted by molar-refractivity contribution is 7.15. The molecule has 4 nitrogen and oxygen atoms in total. The summed E-state index contributed by atoms with van der Waals surface area (Å²) in [5.74, 6) is 0.638. The van der Waals surface area contributed by atoms with E-state index in [2.05, 4.69) is 21.6 Å². The molecular weight excluding hydrogens is 395 g/mol. The number of hydrogen-bond acceptors (Lipinski definition) is 5. The predicted molar refractivity (Wildman–Crippen MR) is 118 cm³/mol. The van der Waals surface area contributed by atoms with E-state index in [1.165, 1.54) is 30.9 Å². The molecule has 0 amide bonds. The zero-order valence-corrected chi connectivity index (χ0v) is 17.8. The second-order valence-corrected chi connectivity index (χ2v) is 9.37. The fourth-order valence-corrected chi connectivity index (χ4v) is 6.03. The van der Waals surface area contributed by atoms with Gasteiger partial charge in [-0.3, -0.25) is 0 Å². The van der Waals surface area contributed by atoms with E-state index in [0.29, 0.717) is 17.4 Å². The first-order valence-electron chi connectivity index (χ1n) is 11.0. The summed E-state index contributed by atoms with van der Waals surface area (Å²) in [4.78, 5) is 14.8. The third kappa shape index (κ3) is 3.91. The number of piperidine rings is 1. The maximum absolute atomic E-state index is 14.8. The lowest BCUT2D eigenvalue weighted by molar-refractivity contribution is 0.443. The van der Waals surface area contributed by atoms with E-state index in [1.807, 2.05) is 18.3 Å². The molecule has 5 rings (SSSR count). The molecule has 2 fully saturated rings. The highest BCUT2D eigenvalue weighted by atomic mass is 32.1. The molecule has 2 aromatic heterocycles. The van der Waals surface area contributed by atoms with Gasteiger partial charge in [-0.25, -0.2) is 19.3 Å². The maximum atomic E-state index is 14.8. The van der Waals surface area contributed by atoms with Crippen molar-refractivity contribution >= 4 is 11.3 Å². The van der Waals surface area contributed by atoms with Crippen LogP contribution in [-0.4, -0.2) is 28.0 Å². The van der Waals surface area contributed by atoms with Crippen molar-refractivity contribution in [1.82, 2.24) is 20.3 Å². The van der Waals surface area contributed by atoms with E-state index in [-0.39, 0.29) is 5.82 Å². The molecule has 1 aliphatic heterocycles. The fourth-order valence-electron chi connectivity index (χ4n) is 4.77. The summed E-state index contributed by atoms with van der Waals surface area (Å²) in [6, 6.07) is 6.94. The summed E-state index contributed by atoms with van der Waals surface area (Å²) in [6.07, 6.45) is 13.0. The summed E-state index contributed by atoms with van der Waals surface area (Å²) in [6.45, 7) is 2.01. The van der Waals surface area contributed by atoms with E-state index in [4.69, 9.17) is 4.98 Å². The Bertz CT molecular complexity index is 1010. The lowest BCUT2D eigenvalue weighted by atomic mass is 9.83. The van der Waals surface area contributed by atoms with Crippen LogP contribution in [0.15, 0.2) is 30.5 Å². The van der Waals surface area contributed by atoms with Gasteiger partial charge in [0.2, 0.25) is 0 Å². The average molecular weight is 422 g/mol. The van der Waals surface area contributed by atoms with Crippen molar-refractivity contribution in [3.05, 3.63) is 53.2 Å². The molecule has 2 aliphatic rings. The molecule has 0 atom stereocenters. The van der Waals surface area contributed by atoms with Gasteiger partial charge in [-0.1, -0.05) is 31.4 Å². The highest BCUT2D eigenvalue weighted by Gasteiger charge is 2.27. The van der Waals surface area contributed by atoms with Gasteiger partial charge in [0, 0.05) is 23.2 Å². The van der Waals surface area contributed by atoms with Crippen LogP contribution in [0.25, 0.3) is 21.8 Å². The van der Waals surface area contributed by atoms with Crippen LogP contribution in [0.4, 0.5) is 4.39 Å². The van der Waals surface area contributed by atoms with E-state index >= 15 is 0 Å².